The first-order chi connectivity index (χ1) is 9.00. The Morgan fingerprint density at radius 2 is 1.95 bits per heavy atom. The topological polar surface area (TPSA) is 21.3 Å². The quantitative estimate of drug-likeness (QED) is 0.846. The highest BCUT2D eigenvalue weighted by Crippen LogP contribution is 2.34. The van der Waals surface area contributed by atoms with Gasteiger partial charge in [0.25, 0.3) is 0 Å². The molecule has 1 N–H and O–H groups in total. The fourth-order valence-electron chi connectivity index (χ4n) is 2.17. The first-order valence-electron chi connectivity index (χ1n) is 6.18. The van der Waals surface area contributed by atoms with Crippen LogP contribution in [0.2, 0.25) is 0 Å². The SMILES string of the molecule is FC(F)C(F)(F)Oc1ccccc1[C@H]1CCCCN1. The highest BCUT2D eigenvalue weighted by atomic mass is 19.3. The van der Waals surface area contributed by atoms with E-state index in [0.717, 1.165) is 25.8 Å². The van der Waals surface area contributed by atoms with Gasteiger partial charge in [-0.3, -0.25) is 0 Å². The van der Waals surface area contributed by atoms with Gasteiger partial charge in [0.05, 0.1) is 0 Å². The fraction of sp³-hybridized carbons (Fsp3) is 0.538. The summed E-state index contributed by atoms with van der Waals surface area (Å²) in [6.07, 6.45) is -5.55. The van der Waals surface area contributed by atoms with E-state index >= 15 is 0 Å². The molecule has 0 bridgehead atoms. The Balaban J connectivity index is 2.20. The molecule has 0 amide bonds. The molecule has 0 radical (unpaired) electrons. The van der Waals surface area contributed by atoms with Crippen LogP contribution in [0.4, 0.5) is 17.6 Å². The molecule has 1 aromatic carbocycles. The van der Waals surface area contributed by atoms with Crippen LogP contribution in [0.1, 0.15) is 30.9 Å². The normalized spacial score (nSPS) is 20.6. The first-order valence-corrected chi connectivity index (χ1v) is 6.18. The Morgan fingerprint density at radius 3 is 2.58 bits per heavy atom. The summed E-state index contributed by atoms with van der Waals surface area (Å²) in [4.78, 5) is 0. The van der Waals surface area contributed by atoms with Crippen LogP contribution in [0.3, 0.4) is 0 Å². The zero-order valence-electron chi connectivity index (χ0n) is 10.2. The van der Waals surface area contributed by atoms with E-state index in [1.54, 1.807) is 12.1 Å². The summed E-state index contributed by atoms with van der Waals surface area (Å²) < 4.78 is 54.6. The molecule has 6 heteroatoms. The Labute approximate surface area is 108 Å². The Bertz CT molecular complexity index is 419. The highest BCUT2D eigenvalue weighted by molar-refractivity contribution is 5.36. The number of benzene rings is 1. The first kappa shape index (κ1) is 14.1. The predicted octanol–water partition coefficient (Wildman–Crippen LogP) is 3.74. The van der Waals surface area contributed by atoms with Gasteiger partial charge in [0.15, 0.2) is 0 Å². The van der Waals surface area contributed by atoms with Gasteiger partial charge in [-0.05, 0) is 25.5 Å². The number of rotatable bonds is 4. The Morgan fingerprint density at radius 1 is 1.21 bits per heavy atom. The van der Waals surface area contributed by atoms with Crippen molar-refractivity contribution in [1.82, 2.24) is 5.32 Å². The Hall–Kier alpha value is -1.30. The van der Waals surface area contributed by atoms with Crippen molar-refractivity contribution in [2.45, 2.75) is 37.8 Å². The van der Waals surface area contributed by atoms with Gasteiger partial charge in [0.1, 0.15) is 5.75 Å². The summed E-state index contributed by atoms with van der Waals surface area (Å²) in [7, 11) is 0. The van der Waals surface area contributed by atoms with E-state index in [1.807, 2.05) is 0 Å². The summed E-state index contributed by atoms with van der Waals surface area (Å²) in [5.41, 5.74) is 0.502. The van der Waals surface area contributed by atoms with Gasteiger partial charge in [0.2, 0.25) is 0 Å². The molecule has 1 fully saturated rings. The number of nitrogens with one attached hydrogen (secondary N) is 1. The van der Waals surface area contributed by atoms with Crippen LogP contribution in [0.25, 0.3) is 0 Å². The van der Waals surface area contributed by atoms with Crippen molar-refractivity contribution in [3.8, 4) is 5.75 Å². The number of halogens is 4. The molecule has 0 saturated carbocycles. The van der Waals surface area contributed by atoms with Crippen LogP contribution in [-0.4, -0.2) is 19.1 Å². The molecule has 19 heavy (non-hydrogen) atoms. The molecular weight excluding hydrogens is 262 g/mol. The number of hydrogen-bond acceptors (Lipinski definition) is 2. The van der Waals surface area contributed by atoms with Gasteiger partial charge in [-0.15, -0.1) is 0 Å². The van der Waals surface area contributed by atoms with E-state index in [9.17, 15) is 17.6 Å². The van der Waals surface area contributed by atoms with Crippen LogP contribution in [-0.2, 0) is 0 Å². The van der Waals surface area contributed by atoms with Crippen LogP contribution in [0, 0.1) is 0 Å². The van der Waals surface area contributed by atoms with E-state index in [2.05, 4.69) is 10.1 Å². The third-order valence-corrected chi connectivity index (χ3v) is 3.10. The molecule has 0 aromatic heterocycles. The van der Waals surface area contributed by atoms with Crippen molar-refractivity contribution in [2.24, 2.45) is 0 Å². The van der Waals surface area contributed by atoms with Crippen molar-refractivity contribution in [1.29, 1.82) is 0 Å². The monoisotopic (exact) mass is 277 g/mol. The number of hydrogen-bond donors (Lipinski definition) is 1. The van der Waals surface area contributed by atoms with Crippen LogP contribution in [0.15, 0.2) is 24.3 Å². The van der Waals surface area contributed by atoms with Crippen molar-refractivity contribution in [3.05, 3.63) is 29.8 Å². The van der Waals surface area contributed by atoms with Gasteiger partial charge in [0, 0.05) is 11.6 Å². The second kappa shape index (κ2) is 5.77. The van der Waals surface area contributed by atoms with Crippen molar-refractivity contribution in [3.63, 3.8) is 0 Å². The molecule has 1 heterocycles. The number of para-hydroxylation sites is 1. The second-order valence-electron chi connectivity index (χ2n) is 4.50. The number of piperidine rings is 1. The summed E-state index contributed by atoms with van der Waals surface area (Å²) >= 11 is 0. The van der Waals surface area contributed by atoms with Crippen LogP contribution < -0.4 is 10.1 Å². The molecule has 0 unspecified atom stereocenters. The maximum Gasteiger partial charge on any atom is 0.461 e. The number of ether oxygens (including phenoxy) is 1. The molecule has 1 aliphatic rings. The Kier molecular flexibility index (Phi) is 4.29. The van der Waals surface area contributed by atoms with Gasteiger partial charge in [-0.2, -0.15) is 17.6 Å². The highest BCUT2D eigenvalue weighted by Gasteiger charge is 2.44. The summed E-state index contributed by atoms with van der Waals surface area (Å²) in [5, 5.41) is 3.18. The van der Waals surface area contributed by atoms with E-state index in [4.69, 9.17) is 0 Å². The average Bonchev–Trinajstić information content (AvgIpc) is 2.40. The van der Waals surface area contributed by atoms with Crippen LogP contribution >= 0.6 is 0 Å². The minimum Gasteiger partial charge on any atom is -0.428 e. The van der Waals surface area contributed by atoms with E-state index < -0.39 is 12.5 Å². The molecule has 2 rings (SSSR count). The molecule has 0 spiro atoms. The van der Waals surface area contributed by atoms with Crippen LogP contribution in [0.5, 0.6) is 5.75 Å². The maximum atomic E-state index is 13.0. The fourth-order valence-corrected chi connectivity index (χ4v) is 2.17. The lowest BCUT2D eigenvalue weighted by Gasteiger charge is -2.27. The average molecular weight is 277 g/mol. The molecule has 0 aliphatic carbocycles. The summed E-state index contributed by atoms with van der Waals surface area (Å²) in [6.45, 7) is 0.782. The molecule has 106 valence electrons. The standard InChI is InChI=1S/C13H15F4NO/c14-12(15)13(16,17)19-11-7-2-1-5-9(11)10-6-3-4-8-18-10/h1-2,5,7,10,12,18H,3-4,6,8H2/t10-/m1/s1. The van der Waals surface area contributed by atoms with Gasteiger partial charge in [-0.1, -0.05) is 24.6 Å². The van der Waals surface area contributed by atoms with Gasteiger partial charge < -0.3 is 10.1 Å². The second-order valence-corrected chi connectivity index (χ2v) is 4.50. The van der Waals surface area contributed by atoms with Crippen molar-refractivity contribution in [2.75, 3.05) is 6.54 Å². The number of alkyl halides is 4. The van der Waals surface area contributed by atoms with E-state index in [0.29, 0.717) is 5.56 Å². The van der Waals surface area contributed by atoms with Gasteiger partial charge >= 0.3 is 12.5 Å². The van der Waals surface area contributed by atoms with E-state index in [1.165, 1.54) is 12.1 Å². The summed E-state index contributed by atoms with van der Waals surface area (Å²) in [6, 6.07) is 5.96. The largest absolute Gasteiger partial charge is 0.461 e. The smallest absolute Gasteiger partial charge is 0.428 e. The van der Waals surface area contributed by atoms with E-state index in [-0.39, 0.29) is 11.8 Å². The lowest BCUT2D eigenvalue weighted by atomic mass is 9.97. The minimum atomic E-state index is -4.47. The maximum absolute atomic E-state index is 13.0. The molecule has 1 atom stereocenters. The molecular formula is C13H15F4NO. The zero-order chi connectivity index (χ0) is 13.9. The lowest BCUT2D eigenvalue weighted by molar-refractivity contribution is -0.253. The third kappa shape index (κ3) is 3.37. The van der Waals surface area contributed by atoms with Crippen molar-refractivity contribution >= 4 is 0 Å². The third-order valence-electron chi connectivity index (χ3n) is 3.10. The summed E-state index contributed by atoms with van der Waals surface area (Å²) in [5.74, 6) is -0.188. The minimum absolute atomic E-state index is 0.126. The zero-order valence-corrected chi connectivity index (χ0v) is 10.2. The predicted molar refractivity (Wildman–Crippen MR) is 62.6 cm³/mol. The molecule has 1 aliphatic heterocycles. The molecule has 2 nitrogen and oxygen atoms in total. The van der Waals surface area contributed by atoms with Crippen molar-refractivity contribution < 1.29 is 22.3 Å². The molecule has 1 saturated heterocycles. The molecule has 1 aromatic rings. The lowest BCUT2D eigenvalue weighted by Crippen LogP contribution is -2.34. The van der Waals surface area contributed by atoms with Gasteiger partial charge in [-0.25, -0.2) is 0 Å².